The molecule has 0 amide bonds. The molecule has 0 unspecified atom stereocenters. The molecule has 0 aliphatic carbocycles. The highest BCUT2D eigenvalue weighted by Gasteiger charge is 2.13. The predicted octanol–water partition coefficient (Wildman–Crippen LogP) is 2.35. The third kappa shape index (κ3) is 3.23. The standard InChI is InChI=1S/C14H14N6O3S/c1-18-13(10-4-3-5-12(6-10)23-2)16-17-14(18)24-9-19-8-11(7-15-19)20(21)22/h3-8H,9H2,1-2H3. The number of rotatable bonds is 6. The summed E-state index contributed by atoms with van der Waals surface area (Å²) in [5, 5.41) is 23.7. The molecule has 0 bridgehead atoms. The van der Waals surface area contributed by atoms with Crippen LogP contribution < -0.4 is 4.74 Å². The van der Waals surface area contributed by atoms with Gasteiger partial charge in [0.2, 0.25) is 0 Å². The lowest BCUT2D eigenvalue weighted by Gasteiger charge is -2.05. The van der Waals surface area contributed by atoms with Crippen LogP contribution in [0, 0.1) is 10.1 Å². The summed E-state index contributed by atoms with van der Waals surface area (Å²) in [7, 11) is 3.48. The molecule has 0 aliphatic heterocycles. The maximum Gasteiger partial charge on any atom is 0.307 e. The topological polar surface area (TPSA) is 101 Å². The number of nitro groups is 1. The highest BCUT2D eigenvalue weighted by Crippen LogP contribution is 2.26. The monoisotopic (exact) mass is 346 g/mol. The van der Waals surface area contributed by atoms with Crippen molar-refractivity contribution < 1.29 is 9.66 Å². The number of hydrogen-bond acceptors (Lipinski definition) is 7. The Labute approximate surface area is 141 Å². The first kappa shape index (κ1) is 16.0. The zero-order valence-electron chi connectivity index (χ0n) is 13.0. The Morgan fingerprint density at radius 2 is 2.21 bits per heavy atom. The summed E-state index contributed by atoms with van der Waals surface area (Å²) in [4.78, 5) is 10.2. The summed E-state index contributed by atoms with van der Waals surface area (Å²) in [6.45, 7) is 0. The van der Waals surface area contributed by atoms with Crippen LogP contribution in [0.4, 0.5) is 5.69 Å². The number of benzene rings is 1. The minimum absolute atomic E-state index is 0.0364. The van der Waals surface area contributed by atoms with E-state index in [9.17, 15) is 10.1 Å². The Balaban J connectivity index is 1.75. The van der Waals surface area contributed by atoms with Crippen molar-refractivity contribution in [2.75, 3.05) is 7.11 Å². The highest BCUT2D eigenvalue weighted by atomic mass is 32.2. The van der Waals surface area contributed by atoms with Crippen LogP contribution in [-0.4, -0.2) is 36.6 Å². The highest BCUT2D eigenvalue weighted by molar-refractivity contribution is 7.98. The van der Waals surface area contributed by atoms with E-state index in [0.29, 0.717) is 16.9 Å². The van der Waals surface area contributed by atoms with Crippen LogP contribution in [0.2, 0.25) is 0 Å². The summed E-state index contributed by atoms with van der Waals surface area (Å²) in [5.74, 6) is 1.86. The fraction of sp³-hybridized carbons (Fsp3) is 0.214. The molecule has 2 heterocycles. The lowest BCUT2D eigenvalue weighted by atomic mass is 10.2. The zero-order chi connectivity index (χ0) is 17.1. The SMILES string of the molecule is COc1cccc(-c2nnc(SCn3cc([N+](=O)[O-])cn3)n2C)c1. The van der Waals surface area contributed by atoms with E-state index in [4.69, 9.17) is 4.74 Å². The number of ether oxygens (including phenoxy) is 1. The van der Waals surface area contributed by atoms with Gasteiger partial charge in [0.1, 0.15) is 18.1 Å². The first-order valence-electron chi connectivity index (χ1n) is 6.92. The van der Waals surface area contributed by atoms with Crippen LogP contribution in [0.3, 0.4) is 0 Å². The quantitative estimate of drug-likeness (QED) is 0.383. The molecule has 10 heteroatoms. The Hall–Kier alpha value is -2.88. The van der Waals surface area contributed by atoms with Gasteiger partial charge in [-0.15, -0.1) is 10.2 Å². The molecular weight excluding hydrogens is 332 g/mol. The van der Waals surface area contributed by atoms with E-state index in [-0.39, 0.29) is 5.69 Å². The van der Waals surface area contributed by atoms with Crippen molar-refractivity contribution in [3.05, 3.63) is 46.8 Å². The van der Waals surface area contributed by atoms with Crippen molar-refractivity contribution in [2.24, 2.45) is 7.05 Å². The molecule has 2 aromatic heterocycles. The van der Waals surface area contributed by atoms with Gasteiger partial charge in [-0.05, 0) is 12.1 Å². The first-order valence-corrected chi connectivity index (χ1v) is 7.90. The molecule has 3 aromatic rings. The van der Waals surface area contributed by atoms with Gasteiger partial charge in [0.05, 0.1) is 17.9 Å². The largest absolute Gasteiger partial charge is 0.497 e. The average Bonchev–Trinajstić information content (AvgIpc) is 3.20. The van der Waals surface area contributed by atoms with Gasteiger partial charge in [-0.25, -0.2) is 0 Å². The zero-order valence-corrected chi connectivity index (χ0v) is 13.8. The van der Waals surface area contributed by atoms with Gasteiger partial charge < -0.3 is 9.30 Å². The van der Waals surface area contributed by atoms with Gasteiger partial charge >= 0.3 is 5.69 Å². The fourth-order valence-electron chi connectivity index (χ4n) is 2.10. The van der Waals surface area contributed by atoms with Gasteiger partial charge in [0, 0.05) is 12.6 Å². The summed E-state index contributed by atoms with van der Waals surface area (Å²) in [5.41, 5.74) is 0.858. The molecule has 9 nitrogen and oxygen atoms in total. The number of nitrogens with zero attached hydrogens (tertiary/aromatic N) is 6. The number of methoxy groups -OCH3 is 1. The normalized spacial score (nSPS) is 10.8. The molecule has 0 spiro atoms. The Bertz CT molecular complexity index is 875. The molecule has 0 aliphatic rings. The van der Waals surface area contributed by atoms with Crippen molar-refractivity contribution in [3.8, 4) is 17.1 Å². The minimum atomic E-state index is -0.475. The molecule has 24 heavy (non-hydrogen) atoms. The van der Waals surface area contributed by atoms with Crippen LogP contribution in [0.15, 0.2) is 41.8 Å². The summed E-state index contributed by atoms with van der Waals surface area (Å²) < 4.78 is 8.57. The number of thioether (sulfide) groups is 1. The second-order valence-electron chi connectivity index (χ2n) is 4.87. The van der Waals surface area contributed by atoms with Gasteiger partial charge in [-0.3, -0.25) is 14.8 Å². The Kier molecular flexibility index (Phi) is 4.47. The lowest BCUT2D eigenvalue weighted by Crippen LogP contribution is -1.98. The average molecular weight is 346 g/mol. The first-order chi connectivity index (χ1) is 11.6. The van der Waals surface area contributed by atoms with Gasteiger partial charge in [-0.2, -0.15) is 5.10 Å². The van der Waals surface area contributed by atoms with Crippen molar-refractivity contribution >= 4 is 17.4 Å². The molecule has 3 rings (SSSR count). The molecule has 1 aromatic carbocycles. The second kappa shape index (κ2) is 6.71. The molecule has 0 fully saturated rings. The van der Waals surface area contributed by atoms with Crippen molar-refractivity contribution in [1.29, 1.82) is 0 Å². The molecule has 0 N–H and O–H groups in total. The van der Waals surface area contributed by atoms with Gasteiger partial charge in [-0.1, -0.05) is 23.9 Å². The molecule has 0 radical (unpaired) electrons. The van der Waals surface area contributed by atoms with Crippen molar-refractivity contribution in [1.82, 2.24) is 24.5 Å². The third-order valence-electron chi connectivity index (χ3n) is 3.32. The number of aromatic nitrogens is 5. The lowest BCUT2D eigenvalue weighted by molar-refractivity contribution is -0.385. The van der Waals surface area contributed by atoms with E-state index in [1.54, 1.807) is 7.11 Å². The minimum Gasteiger partial charge on any atom is -0.497 e. The van der Waals surface area contributed by atoms with Gasteiger partial charge in [0.25, 0.3) is 0 Å². The smallest absolute Gasteiger partial charge is 0.307 e. The maximum absolute atomic E-state index is 10.7. The van der Waals surface area contributed by atoms with Crippen LogP contribution in [0.5, 0.6) is 5.75 Å². The van der Waals surface area contributed by atoms with Crippen LogP contribution in [0.1, 0.15) is 0 Å². The van der Waals surface area contributed by atoms with E-state index >= 15 is 0 Å². The number of hydrogen-bond donors (Lipinski definition) is 0. The molecular formula is C14H14N6O3S. The van der Waals surface area contributed by atoms with Crippen molar-refractivity contribution in [3.63, 3.8) is 0 Å². The van der Waals surface area contributed by atoms with E-state index in [1.807, 2.05) is 35.9 Å². The molecule has 0 atom stereocenters. The van der Waals surface area contributed by atoms with E-state index in [0.717, 1.165) is 11.3 Å². The molecule has 124 valence electrons. The second-order valence-corrected chi connectivity index (χ2v) is 5.78. The Morgan fingerprint density at radius 3 is 2.92 bits per heavy atom. The van der Waals surface area contributed by atoms with E-state index in [1.165, 1.54) is 28.8 Å². The van der Waals surface area contributed by atoms with Crippen molar-refractivity contribution in [2.45, 2.75) is 11.0 Å². The van der Waals surface area contributed by atoms with Crippen LogP contribution in [-0.2, 0) is 12.9 Å². The summed E-state index contributed by atoms with van der Waals surface area (Å²) >= 11 is 1.39. The molecule has 0 saturated carbocycles. The van der Waals surface area contributed by atoms with E-state index < -0.39 is 4.92 Å². The third-order valence-corrected chi connectivity index (χ3v) is 4.33. The molecule has 0 saturated heterocycles. The summed E-state index contributed by atoms with van der Waals surface area (Å²) in [6.07, 6.45) is 2.60. The van der Waals surface area contributed by atoms with Gasteiger partial charge in [0.15, 0.2) is 11.0 Å². The maximum atomic E-state index is 10.7. The van der Waals surface area contributed by atoms with E-state index in [2.05, 4.69) is 15.3 Å². The fourth-order valence-corrected chi connectivity index (χ4v) is 2.86. The summed E-state index contributed by atoms with van der Waals surface area (Å²) in [6, 6.07) is 7.56. The predicted molar refractivity (Wildman–Crippen MR) is 87.7 cm³/mol. The van der Waals surface area contributed by atoms with Crippen LogP contribution >= 0.6 is 11.8 Å². The van der Waals surface area contributed by atoms with Crippen LogP contribution in [0.25, 0.3) is 11.4 Å². The Morgan fingerprint density at radius 1 is 1.38 bits per heavy atom.